The lowest BCUT2D eigenvalue weighted by Crippen LogP contribution is -2.09. The van der Waals surface area contributed by atoms with Crippen LogP contribution in [0.15, 0.2) is 36.4 Å². The Morgan fingerprint density at radius 3 is 2.14 bits per heavy atom. The number of hydrogen-bond acceptors (Lipinski definition) is 3. The molecule has 0 saturated carbocycles. The maximum Gasteiger partial charge on any atom is 0.128 e. The molecule has 0 spiro atoms. The maximum absolute atomic E-state index is 13.8. The fraction of sp³-hybridized carbons (Fsp3) is 0.250. The van der Waals surface area contributed by atoms with Crippen LogP contribution in [0.2, 0.25) is 0 Å². The highest BCUT2D eigenvalue weighted by Gasteiger charge is 2.13. The third kappa shape index (κ3) is 3.62. The minimum absolute atomic E-state index is 0.261. The molecule has 0 aliphatic heterocycles. The van der Waals surface area contributed by atoms with Gasteiger partial charge in [-0.2, -0.15) is 0 Å². The fourth-order valence-electron chi connectivity index (χ4n) is 2.06. The second-order valence-corrected chi connectivity index (χ2v) is 4.63. The molecule has 0 fully saturated rings. The van der Waals surface area contributed by atoms with E-state index in [-0.39, 0.29) is 5.56 Å². The third-order valence-corrected chi connectivity index (χ3v) is 3.16. The summed E-state index contributed by atoms with van der Waals surface area (Å²) < 4.78 is 37.4. The molecule has 2 aromatic rings. The molecule has 0 aromatic heterocycles. The Balaban J connectivity index is 2.26. The number of benzene rings is 2. The van der Waals surface area contributed by atoms with Crippen LogP contribution < -0.4 is 14.8 Å². The molecule has 0 aliphatic rings. The van der Waals surface area contributed by atoms with Gasteiger partial charge >= 0.3 is 0 Å². The van der Waals surface area contributed by atoms with Crippen LogP contribution in [0.25, 0.3) is 0 Å². The lowest BCUT2D eigenvalue weighted by molar-refractivity contribution is 0.394. The van der Waals surface area contributed by atoms with E-state index < -0.39 is 17.7 Å². The molecule has 2 rings (SSSR count). The minimum Gasteiger partial charge on any atom is -0.497 e. The number of nitrogens with one attached hydrogen (secondary N) is 1. The zero-order valence-corrected chi connectivity index (χ0v) is 12.1. The van der Waals surface area contributed by atoms with Gasteiger partial charge in [-0.25, -0.2) is 8.78 Å². The lowest BCUT2D eigenvalue weighted by atomic mass is 10.1. The lowest BCUT2D eigenvalue weighted by Gasteiger charge is -2.18. The Kier molecular flexibility index (Phi) is 4.62. The number of anilines is 1. The first-order valence-corrected chi connectivity index (χ1v) is 6.48. The number of ether oxygens (including phenoxy) is 2. The van der Waals surface area contributed by atoms with Crippen molar-refractivity contribution in [3.8, 4) is 11.5 Å². The van der Waals surface area contributed by atoms with E-state index in [1.807, 2.05) is 0 Å². The molecule has 1 N–H and O–H groups in total. The van der Waals surface area contributed by atoms with Crippen molar-refractivity contribution < 1.29 is 18.3 Å². The Morgan fingerprint density at radius 2 is 1.57 bits per heavy atom. The van der Waals surface area contributed by atoms with E-state index in [0.717, 1.165) is 12.1 Å². The van der Waals surface area contributed by atoms with Gasteiger partial charge < -0.3 is 14.8 Å². The van der Waals surface area contributed by atoms with E-state index in [1.165, 1.54) is 6.07 Å². The van der Waals surface area contributed by atoms with Crippen molar-refractivity contribution in [2.75, 3.05) is 19.5 Å². The molecule has 1 unspecified atom stereocenters. The van der Waals surface area contributed by atoms with Crippen LogP contribution in [-0.4, -0.2) is 14.2 Å². The van der Waals surface area contributed by atoms with Crippen LogP contribution in [0.3, 0.4) is 0 Å². The van der Waals surface area contributed by atoms with Crippen molar-refractivity contribution in [3.63, 3.8) is 0 Å². The van der Waals surface area contributed by atoms with Gasteiger partial charge in [-0.15, -0.1) is 0 Å². The Hall–Kier alpha value is -2.30. The molecule has 3 nitrogen and oxygen atoms in total. The van der Waals surface area contributed by atoms with Crippen LogP contribution in [0.1, 0.15) is 18.5 Å². The van der Waals surface area contributed by atoms with Crippen molar-refractivity contribution in [3.05, 3.63) is 53.6 Å². The van der Waals surface area contributed by atoms with Gasteiger partial charge in [0.15, 0.2) is 0 Å². The normalized spacial score (nSPS) is 11.9. The smallest absolute Gasteiger partial charge is 0.128 e. The summed E-state index contributed by atoms with van der Waals surface area (Å²) in [5, 5.41) is 3.11. The molecule has 0 heterocycles. The predicted octanol–water partition coefficient (Wildman–Crippen LogP) is 4.16. The van der Waals surface area contributed by atoms with Crippen molar-refractivity contribution >= 4 is 5.69 Å². The van der Waals surface area contributed by atoms with Gasteiger partial charge in [-0.05, 0) is 25.1 Å². The molecule has 1 atom stereocenters. The molecule has 5 heteroatoms. The summed E-state index contributed by atoms with van der Waals surface area (Å²) in [6.45, 7) is 1.75. The van der Waals surface area contributed by atoms with Crippen molar-refractivity contribution in [2.45, 2.75) is 13.0 Å². The van der Waals surface area contributed by atoms with Gasteiger partial charge in [0.2, 0.25) is 0 Å². The van der Waals surface area contributed by atoms with E-state index in [4.69, 9.17) is 9.47 Å². The summed E-state index contributed by atoms with van der Waals surface area (Å²) in [4.78, 5) is 0. The average Bonchev–Trinajstić information content (AvgIpc) is 2.49. The summed E-state index contributed by atoms with van der Waals surface area (Å²) >= 11 is 0. The van der Waals surface area contributed by atoms with Gasteiger partial charge in [0.1, 0.15) is 23.1 Å². The fourth-order valence-corrected chi connectivity index (χ4v) is 2.06. The predicted molar refractivity (Wildman–Crippen MR) is 77.9 cm³/mol. The van der Waals surface area contributed by atoms with Crippen LogP contribution in [-0.2, 0) is 0 Å². The second kappa shape index (κ2) is 6.43. The standard InChI is InChI=1S/C16H17F2NO2/c1-10(15-6-11(17)4-5-16(15)18)19-12-7-13(20-2)9-14(8-12)21-3/h4-10,19H,1-3H3. The van der Waals surface area contributed by atoms with Gasteiger partial charge in [-0.3, -0.25) is 0 Å². The molecule has 0 amide bonds. The van der Waals surface area contributed by atoms with Crippen molar-refractivity contribution in [2.24, 2.45) is 0 Å². The van der Waals surface area contributed by atoms with Crippen LogP contribution in [0.5, 0.6) is 11.5 Å². The van der Waals surface area contributed by atoms with Crippen LogP contribution >= 0.6 is 0 Å². The highest BCUT2D eigenvalue weighted by molar-refractivity contribution is 5.55. The second-order valence-electron chi connectivity index (χ2n) is 4.63. The summed E-state index contributed by atoms with van der Waals surface area (Å²) in [5.74, 6) is 0.307. The molecular formula is C16H17F2NO2. The first kappa shape index (κ1) is 15.1. The Bertz CT molecular complexity index is 609. The quantitative estimate of drug-likeness (QED) is 0.898. The topological polar surface area (TPSA) is 30.5 Å². The molecule has 2 aromatic carbocycles. The molecule has 0 saturated heterocycles. The third-order valence-electron chi connectivity index (χ3n) is 3.16. The SMILES string of the molecule is COc1cc(NC(C)c2cc(F)ccc2F)cc(OC)c1. The zero-order chi connectivity index (χ0) is 15.4. The van der Waals surface area contributed by atoms with Crippen LogP contribution in [0, 0.1) is 11.6 Å². The van der Waals surface area contributed by atoms with Gasteiger partial charge in [0, 0.05) is 29.4 Å². The highest BCUT2D eigenvalue weighted by atomic mass is 19.1. The number of rotatable bonds is 5. The molecule has 0 radical (unpaired) electrons. The summed E-state index contributed by atoms with van der Waals surface area (Å²) in [5.41, 5.74) is 0.958. The number of hydrogen-bond donors (Lipinski definition) is 1. The Labute approximate surface area is 122 Å². The van der Waals surface area contributed by atoms with Gasteiger partial charge in [-0.1, -0.05) is 0 Å². The highest BCUT2D eigenvalue weighted by Crippen LogP contribution is 2.29. The molecular weight excluding hydrogens is 276 g/mol. The molecule has 0 bridgehead atoms. The minimum atomic E-state index is -0.469. The zero-order valence-electron chi connectivity index (χ0n) is 12.1. The molecule has 0 aliphatic carbocycles. The van der Waals surface area contributed by atoms with E-state index in [0.29, 0.717) is 17.2 Å². The largest absolute Gasteiger partial charge is 0.497 e. The van der Waals surface area contributed by atoms with Crippen molar-refractivity contribution in [1.82, 2.24) is 0 Å². The summed E-state index contributed by atoms with van der Waals surface area (Å²) in [7, 11) is 3.10. The maximum atomic E-state index is 13.8. The average molecular weight is 293 g/mol. The summed E-state index contributed by atoms with van der Waals surface area (Å²) in [6.07, 6.45) is 0. The van der Waals surface area contributed by atoms with Crippen molar-refractivity contribution in [1.29, 1.82) is 0 Å². The van der Waals surface area contributed by atoms with E-state index >= 15 is 0 Å². The monoisotopic (exact) mass is 293 g/mol. The summed E-state index contributed by atoms with van der Waals surface area (Å²) in [6, 6.07) is 8.25. The van der Waals surface area contributed by atoms with Gasteiger partial charge in [0.05, 0.1) is 20.3 Å². The molecule has 21 heavy (non-hydrogen) atoms. The number of halogens is 2. The Morgan fingerprint density at radius 1 is 0.952 bits per heavy atom. The van der Waals surface area contributed by atoms with Crippen LogP contribution in [0.4, 0.5) is 14.5 Å². The van der Waals surface area contributed by atoms with E-state index in [1.54, 1.807) is 39.3 Å². The van der Waals surface area contributed by atoms with E-state index in [9.17, 15) is 8.78 Å². The first-order valence-electron chi connectivity index (χ1n) is 6.48. The van der Waals surface area contributed by atoms with E-state index in [2.05, 4.69) is 5.32 Å². The first-order chi connectivity index (χ1) is 10.0. The number of methoxy groups -OCH3 is 2. The molecule has 112 valence electrons. The van der Waals surface area contributed by atoms with Gasteiger partial charge in [0.25, 0.3) is 0 Å².